The fraction of sp³-hybridized carbons (Fsp3) is 0.955. The van der Waals surface area contributed by atoms with Gasteiger partial charge in [-0.3, -0.25) is 37.3 Å². The van der Waals surface area contributed by atoms with Crippen molar-refractivity contribution in [3.05, 3.63) is 0 Å². The summed E-state index contributed by atoms with van der Waals surface area (Å²) in [6.07, 6.45) is 75.2. The summed E-state index contributed by atoms with van der Waals surface area (Å²) in [5.41, 5.74) is 0. The normalized spacial score (nSPS) is 14.0. The van der Waals surface area contributed by atoms with E-state index in [1.54, 1.807) is 0 Å². The lowest BCUT2D eigenvalue weighted by molar-refractivity contribution is -0.161. The van der Waals surface area contributed by atoms with Crippen LogP contribution in [0.15, 0.2) is 0 Å². The number of hydrogen-bond acceptors (Lipinski definition) is 15. The molecule has 636 valence electrons. The molecule has 107 heavy (non-hydrogen) atoms. The summed E-state index contributed by atoms with van der Waals surface area (Å²) < 4.78 is 69.0. The van der Waals surface area contributed by atoms with Gasteiger partial charge >= 0.3 is 39.5 Å². The molecule has 17 nitrogen and oxygen atoms in total. The third-order valence-corrected chi connectivity index (χ3v) is 23.0. The standard InChI is InChI=1S/C88H172O17P2/c1-6-10-13-16-19-22-25-28-31-34-36-38-41-43-46-49-52-55-61-66-71-85(90)98-77-83(104-87(92)73-68-64-57-54-51-48-45-42-39-37-35-32-29-26-23-20-17-14-11-7-2)79-102-106(94,95)100-75-82(89)76-101-107(96,97)103-80-84(78-99-86(91)72-67-62-59-58-60-65-70-81(5)9-4)105-88(93)74-69-63-56-53-50-47-44-40-33-30-27-24-21-18-15-12-8-3/h81-84,89H,6-80H2,1-5H3,(H,94,95)(H,96,97)/t81?,82-,83-,84-/m1/s1. The zero-order valence-electron chi connectivity index (χ0n) is 70.3. The molecule has 0 heterocycles. The molecule has 0 aliphatic rings. The van der Waals surface area contributed by atoms with Crippen LogP contribution in [-0.2, 0) is 65.4 Å². The molecule has 3 unspecified atom stereocenters. The van der Waals surface area contributed by atoms with Crippen molar-refractivity contribution in [2.45, 2.75) is 496 Å². The van der Waals surface area contributed by atoms with Crippen LogP contribution < -0.4 is 0 Å². The van der Waals surface area contributed by atoms with E-state index in [4.69, 9.17) is 37.0 Å². The van der Waals surface area contributed by atoms with E-state index in [0.29, 0.717) is 25.7 Å². The predicted octanol–water partition coefficient (Wildman–Crippen LogP) is 27.2. The van der Waals surface area contributed by atoms with Gasteiger partial charge in [0.1, 0.15) is 19.3 Å². The Hall–Kier alpha value is -1.94. The lowest BCUT2D eigenvalue weighted by atomic mass is 10.00. The van der Waals surface area contributed by atoms with E-state index in [9.17, 15) is 43.2 Å². The molecule has 6 atom stereocenters. The van der Waals surface area contributed by atoms with E-state index in [-0.39, 0.29) is 25.7 Å². The molecule has 3 N–H and O–H groups in total. The highest BCUT2D eigenvalue weighted by molar-refractivity contribution is 7.47. The second-order valence-electron chi connectivity index (χ2n) is 31.9. The maximum atomic E-state index is 13.2. The van der Waals surface area contributed by atoms with Crippen molar-refractivity contribution in [2.24, 2.45) is 5.92 Å². The topological polar surface area (TPSA) is 237 Å². The average Bonchev–Trinajstić information content (AvgIpc) is 0.902. The van der Waals surface area contributed by atoms with Gasteiger partial charge in [0.15, 0.2) is 12.2 Å². The van der Waals surface area contributed by atoms with E-state index in [1.807, 2.05) is 0 Å². The molecule has 0 aromatic heterocycles. The van der Waals surface area contributed by atoms with E-state index >= 15 is 0 Å². The van der Waals surface area contributed by atoms with Crippen molar-refractivity contribution < 1.29 is 80.2 Å². The van der Waals surface area contributed by atoms with E-state index < -0.39 is 97.5 Å². The van der Waals surface area contributed by atoms with E-state index in [0.717, 1.165) is 102 Å². The molecule has 0 fully saturated rings. The van der Waals surface area contributed by atoms with Crippen LogP contribution in [-0.4, -0.2) is 96.7 Å². The number of rotatable bonds is 88. The van der Waals surface area contributed by atoms with Crippen LogP contribution in [0.3, 0.4) is 0 Å². The van der Waals surface area contributed by atoms with Crippen LogP contribution in [0.25, 0.3) is 0 Å². The van der Waals surface area contributed by atoms with Crippen molar-refractivity contribution >= 4 is 39.5 Å². The lowest BCUT2D eigenvalue weighted by Crippen LogP contribution is -2.30. The number of carbonyl (C=O) groups is 4. The average molecular weight is 1560 g/mol. The molecule has 0 aliphatic heterocycles. The molecule has 0 saturated carbocycles. The smallest absolute Gasteiger partial charge is 0.462 e. The summed E-state index contributed by atoms with van der Waals surface area (Å²) in [5.74, 6) is -1.37. The first-order valence-electron chi connectivity index (χ1n) is 45.7. The van der Waals surface area contributed by atoms with Gasteiger partial charge in [0, 0.05) is 25.7 Å². The van der Waals surface area contributed by atoms with Gasteiger partial charge in [-0.15, -0.1) is 0 Å². The highest BCUT2D eigenvalue weighted by Gasteiger charge is 2.30. The summed E-state index contributed by atoms with van der Waals surface area (Å²) in [4.78, 5) is 73.3. The Balaban J connectivity index is 5.22. The summed E-state index contributed by atoms with van der Waals surface area (Å²) in [7, 11) is -9.93. The van der Waals surface area contributed by atoms with Crippen molar-refractivity contribution in [2.75, 3.05) is 39.6 Å². The molecule has 0 aromatic rings. The number of carbonyl (C=O) groups excluding carboxylic acids is 4. The Morgan fingerprint density at radius 3 is 0.664 bits per heavy atom. The van der Waals surface area contributed by atoms with Crippen LogP contribution in [0, 0.1) is 5.92 Å². The maximum absolute atomic E-state index is 13.2. The molecular formula is C88H172O17P2. The number of esters is 4. The Labute approximate surface area is 658 Å². The maximum Gasteiger partial charge on any atom is 0.472 e. The molecule has 0 aromatic carbocycles. The first-order valence-corrected chi connectivity index (χ1v) is 48.7. The van der Waals surface area contributed by atoms with E-state index in [1.165, 1.54) is 295 Å². The van der Waals surface area contributed by atoms with Crippen LogP contribution in [0.1, 0.15) is 478 Å². The molecule has 0 bridgehead atoms. The monoisotopic (exact) mass is 1560 g/mol. The third-order valence-electron chi connectivity index (χ3n) is 21.1. The molecule has 0 spiro atoms. The Bertz CT molecular complexity index is 2030. The quantitative estimate of drug-likeness (QED) is 0.0222. The number of aliphatic hydroxyl groups is 1. The Morgan fingerprint density at radius 1 is 0.262 bits per heavy atom. The van der Waals surface area contributed by atoms with Crippen LogP contribution in [0.4, 0.5) is 0 Å². The second-order valence-corrected chi connectivity index (χ2v) is 34.8. The zero-order chi connectivity index (χ0) is 78.3. The first kappa shape index (κ1) is 105. The number of phosphoric ester groups is 2. The Kier molecular flexibility index (Phi) is 79.2. The highest BCUT2D eigenvalue weighted by Crippen LogP contribution is 2.45. The van der Waals surface area contributed by atoms with Crippen LogP contribution in [0.5, 0.6) is 0 Å². The predicted molar refractivity (Wildman–Crippen MR) is 442 cm³/mol. The number of hydrogen-bond donors (Lipinski definition) is 3. The second kappa shape index (κ2) is 80.7. The van der Waals surface area contributed by atoms with Gasteiger partial charge in [0.2, 0.25) is 0 Å². The summed E-state index contributed by atoms with van der Waals surface area (Å²) >= 11 is 0. The molecule has 0 amide bonds. The molecule has 0 saturated heterocycles. The summed E-state index contributed by atoms with van der Waals surface area (Å²) in [5, 5.41) is 10.7. The zero-order valence-corrected chi connectivity index (χ0v) is 72.1. The van der Waals surface area contributed by atoms with Gasteiger partial charge in [-0.2, -0.15) is 0 Å². The minimum atomic E-state index is -4.97. The molecule has 19 heteroatoms. The van der Waals surface area contributed by atoms with Crippen molar-refractivity contribution in [1.82, 2.24) is 0 Å². The fourth-order valence-corrected chi connectivity index (χ4v) is 15.4. The molecule has 0 radical (unpaired) electrons. The van der Waals surface area contributed by atoms with E-state index in [2.05, 4.69) is 34.6 Å². The van der Waals surface area contributed by atoms with Crippen molar-refractivity contribution in [1.29, 1.82) is 0 Å². The lowest BCUT2D eigenvalue weighted by Gasteiger charge is -2.21. The van der Waals surface area contributed by atoms with Gasteiger partial charge in [-0.25, -0.2) is 9.13 Å². The summed E-state index contributed by atoms with van der Waals surface area (Å²) in [6.45, 7) is 7.34. The summed E-state index contributed by atoms with van der Waals surface area (Å²) in [6, 6.07) is 0. The first-order chi connectivity index (χ1) is 52.1. The van der Waals surface area contributed by atoms with Gasteiger partial charge in [0.25, 0.3) is 0 Å². The van der Waals surface area contributed by atoms with Gasteiger partial charge in [0.05, 0.1) is 26.4 Å². The fourth-order valence-electron chi connectivity index (χ4n) is 13.8. The third kappa shape index (κ3) is 80.5. The number of phosphoric acid groups is 2. The van der Waals surface area contributed by atoms with Gasteiger partial charge in [-0.05, 0) is 31.6 Å². The minimum absolute atomic E-state index is 0.108. The highest BCUT2D eigenvalue weighted by atomic mass is 31.2. The molecule has 0 aliphatic carbocycles. The van der Waals surface area contributed by atoms with Gasteiger partial charge < -0.3 is 33.8 Å². The number of unbranched alkanes of at least 4 members (excludes halogenated alkanes) is 59. The molecule has 0 rings (SSSR count). The van der Waals surface area contributed by atoms with Crippen molar-refractivity contribution in [3.63, 3.8) is 0 Å². The largest absolute Gasteiger partial charge is 0.472 e. The van der Waals surface area contributed by atoms with Crippen LogP contribution in [0.2, 0.25) is 0 Å². The number of ether oxygens (including phenoxy) is 4. The minimum Gasteiger partial charge on any atom is -0.462 e. The van der Waals surface area contributed by atoms with Crippen LogP contribution >= 0.6 is 15.6 Å². The van der Waals surface area contributed by atoms with Gasteiger partial charge in [-0.1, -0.05) is 426 Å². The van der Waals surface area contributed by atoms with Crippen molar-refractivity contribution in [3.8, 4) is 0 Å². The molecular weight excluding hydrogens is 1390 g/mol. The SMILES string of the molecule is CCCCCCCCCCCCCCCCCCCCCCC(=O)OC[C@H](COP(=O)(O)OC[C@@H](O)COP(=O)(O)OC[C@@H](COC(=O)CCCCCCCCC(C)CC)OC(=O)CCCCCCCCCCCCCCCCCCC)OC(=O)CCCCCCCCCCCCCCCCCCCCCC. The Morgan fingerprint density at radius 2 is 0.449 bits per heavy atom. The number of aliphatic hydroxyl groups excluding tert-OH is 1.